The van der Waals surface area contributed by atoms with Gasteiger partial charge in [0.2, 0.25) is 5.91 Å². The van der Waals surface area contributed by atoms with Gasteiger partial charge in [-0.1, -0.05) is 25.7 Å². The number of unbranched alkanes of at least 4 members (excludes halogenated alkanes) is 6. The number of carboxylic acid groups (broad SMARTS) is 2. The van der Waals surface area contributed by atoms with E-state index in [4.69, 9.17) is 10.8 Å². The monoisotopic (exact) mass is 368 g/mol. The van der Waals surface area contributed by atoms with E-state index in [2.05, 4.69) is 5.32 Å². The van der Waals surface area contributed by atoms with Crippen LogP contribution in [0.3, 0.4) is 0 Å². The summed E-state index contributed by atoms with van der Waals surface area (Å²) in [7, 11) is 0. The average Bonchev–Trinajstić information content (AvgIpc) is 2.48. The van der Waals surface area contributed by atoms with Gasteiger partial charge in [0.05, 0.1) is 12.0 Å². The van der Waals surface area contributed by atoms with Gasteiger partial charge in [-0.15, -0.1) is 0 Å². The molecule has 0 aromatic rings. The van der Waals surface area contributed by atoms with Crippen LogP contribution in [0.15, 0.2) is 0 Å². The molecule has 0 saturated heterocycles. The molecule has 0 aliphatic rings. The maximum absolute atomic E-state index is 11.7. The van der Waals surface area contributed by atoms with Crippen molar-refractivity contribution in [3.05, 3.63) is 0 Å². The summed E-state index contributed by atoms with van der Waals surface area (Å²) in [5.41, 5.74) is 5.35. The Morgan fingerprint density at radius 2 is 1.46 bits per heavy atom. The van der Waals surface area contributed by atoms with Crippen LogP contribution < -0.4 is 67.5 Å². The first-order chi connectivity index (χ1) is 11.0. The number of hydrogen-bond acceptors (Lipinski definition) is 5. The second-order valence-electron chi connectivity index (χ2n) is 5.74. The van der Waals surface area contributed by atoms with E-state index in [0.717, 1.165) is 32.1 Å². The molecule has 0 unspecified atom stereocenters. The van der Waals surface area contributed by atoms with E-state index in [1.54, 1.807) is 0 Å². The van der Waals surface area contributed by atoms with E-state index in [1.165, 1.54) is 0 Å². The van der Waals surface area contributed by atoms with Gasteiger partial charge in [0.1, 0.15) is 0 Å². The molecule has 7 nitrogen and oxygen atoms in total. The van der Waals surface area contributed by atoms with E-state index >= 15 is 0 Å². The van der Waals surface area contributed by atoms with Crippen molar-refractivity contribution in [3.8, 4) is 0 Å². The van der Waals surface area contributed by atoms with Crippen LogP contribution in [-0.4, -0.2) is 35.5 Å². The van der Waals surface area contributed by atoms with Gasteiger partial charge in [0.15, 0.2) is 0 Å². The summed E-state index contributed by atoms with van der Waals surface area (Å²) in [5.74, 6) is -2.29. The minimum absolute atomic E-state index is 0. The summed E-state index contributed by atoms with van der Waals surface area (Å²) in [6.07, 6.45) is 7.27. The Labute approximate surface area is 186 Å². The van der Waals surface area contributed by atoms with Crippen molar-refractivity contribution in [1.29, 1.82) is 0 Å². The fourth-order valence-electron chi connectivity index (χ4n) is 2.28. The van der Waals surface area contributed by atoms with Crippen molar-refractivity contribution in [2.24, 2.45) is 5.73 Å². The van der Waals surface area contributed by atoms with Gasteiger partial charge < -0.3 is 26.1 Å². The number of carbonyl (C=O) groups is 3. The van der Waals surface area contributed by atoms with Crippen molar-refractivity contribution in [2.75, 3.05) is 6.54 Å². The van der Waals surface area contributed by atoms with E-state index in [1.807, 2.05) is 0 Å². The SMILES string of the molecule is NCCCC[C@H](NC(=O)CCCCCCCCC(=O)O)C(=O)[O-].[K+]. The van der Waals surface area contributed by atoms with Crippen LogP contribution in [-0.2, 0) is 14.4 Å². The summed E-state index contributed by atoms with van der Waals surface area (Å²) >= 11 is 0. The van der Waals surface area contributed by atoms with E-state index in [9.17, 15) is 19.5 Å². The van der Waals surface area contributed by atoms with Crippen LogP contribution in [0.1, 0.15) is 70.6 Å². The fraction of sp³-hybridized carbons (Fsp3) is 0.812. The topological polar surface area (TPSA) is 133 Å². The molecule has 24 heavy (non-hydrogen) atoms. The minimum Gasteiger partial charge on any atom is -0.548 e. The molecule has 0 saturated carbocycles. The molecule has 0 spiro atoms. The zero-order chi connectivity index (χ0) is 17.5. The first kappa shape index (κ1) is 26.2. The molecular formula is C16H29KN2O5. The van der Waals surface area contributed by atoms with Crippen LogP contribution >= 0.6 is 0 Å². The van der Waals surface area contributed by atoms with Gasteiger partial charge in [0, 0.05) is 12.8 Å². The smallest absolute Gasteiger partial charge is 0.548 e. The zero-order valence-electron chi connectivity index (χ0n) is 14.7. The molecule has 1 atom stereocenters. The Bertz CT molecular complexity index is 366. The third-order valence-electron chi connectivity index (χ3n) is 3.61. The summed E-state index contributed by atoms with van der Waals surface area (Å²) < 4.78 is 0. The standard InChI is InChI=1S/C16H30N2O5.K/c17-12-8-7-9-13(16(22)23)18-14(19)10-5-3-1-2-4-6-11-15(20)21;/h13H,1-12,17H2,(H,18,19)(H,20,21)(H,22,23);/q;+1/p-1/t13-;/m0./s1. The number of carboxylic acids is 2. The summed E-state index contributed by atoms with van der Waals surface area (Å²) in [4.78, 5) is 33.0. The third kappa shape index (κ3) is 16.8. The summed E-state index contributed by atoms with van der Waals surface area (Å²) in [5, 5.41) is 21.9. The molecule has 0 aromatic heterocycles. The predicted octanol–water partition coefficient (Wildman–Crippen LogP) is -2.44. The number of nitrogens with two attached hydrogens (primary N) is 1. The van der Waals surface area contributed by atoms with Gasteiger partial charge in [-0.25, -0.2) is 0 Å². The number of amides is 1. The normalized spacial score (nSPS) is 11.4. The molecule has 0 aliphatic heterocycles. The maximum atomic E-state index is 11.7. The first-order valence-electron chi connectivity index (χ1n) is 8.39. The number of rotatable bonds is 15. The Morgan fingerprint density at radius 3 is 1.96 bits per heavy atom. The molecule has 0 heterocycles. The molecule has 0 aliphatic carbocycles. The molecule has 8 heteroatoms. The minimum atomic E-state index is -1.26. The summed E-state index contributed by atoms with van der Waals surface area (Å²) in [6, 6.07) is -0.940. The number of carbonyl (C=O) groups excluding carboxylic acids is 2. The van der Waals surface area contributed by atoms with Gasteiger partial charge in [0.25, 0.3) is 0 Å². The molecule has 134 valence electrons. The molecule has 1 amide bonds. The predicted molar refractivity (Wildman–Crippen MR) is 84.4 cm³/mol. The van der Waals surface area contributed by atoms with Gasteiger partial charge in [-0.2, -0.15) is 0 Å². The van der Waals surface area contributed by atoms with Crippen LogP contribution in [0.5, 0.6) is 0 Å². The van der Waals surface area contributed by atoms with E-state index in [-0.39, 0.29) is 63.7 Å². The van der Waals surface area contributed by atoms with Crippen LogP contribution in [0.4, 0.5) is 0 Å². The molecule has 4 N–H and O–H groups in total. The Morgan fingerprint density at radius 1 is 0.917 bits per heavy atom. The van der Waals surface area contributed by atoms with Crippen LogP contribution in [0.2, 0.25) is 0 Å². The van der Waals surface area contributed by atoms with Crippen molar-refractivity contribution < 1.29 is 76.0 Å². The molecule has 0 rings (SSSR count). The van der Waals surface area contributed by atoms with Crippen LogP contribution in [0, 0.1) is 0 Å². The zero-order valence-corrected chi connectivity index (χ0v) is 17.8. The van der Waals surface area contributed by atoms with Crippen molar-refractivity contribution in [1.82, 2.24) is 5.32 Å². The average molecular weight is 369 g/mol. The van der Waals surface area contributed by atoms with Gasteiger partial charge >= 0.3 is 57.4 Å². The van der Waals surface area contributed by atoms with Gasteiger partial charge in [-0.05, 0) is 38.6 Å². The second kappa shape index (κ2) is 17.8. The van der Waals surface area contributed by atoms with Crippen LogP contribution in [0.25, 0.3) is 0 Å². The summed E-state index contributed by atoms with van der Waals surface area (Å²) in [6.45, 7) is 0.500. The molecular weight excluding hydrogens is 339 g/mol. The Balaban J connectivity index is 0. The Hall–Kier alpha value is 0.00636. The van der Waals surface area contributed by atoms with Crippen molar-refractivity contribution >= 4 is 17.8 Å². The fourth-order valence-corrected chi connectivity index (χ4v) is 2.28. The quantitative estimate of drug-likeness (QED) is 0.217. The molecule has 0 fully saturated rings. The number of aliphatic carboxylic acids is 2. The largest absolute Gasteiger partial charge is 1.00 e. The van der Waals surface area contributed by atoms with Crippen molar-refractivity contribution in [2.45, 2.75) is 76.7 Å². The maximum Gasteiger partial charge on any atom is 1.00 e. The third-order valence-corrected chi connectivity index (χ3v) is 3.61. The van der Waals surface area contributed by atoms with E-state index < -0.39 is 18.0 Å². The number of nitrogens with one attached hydrogen (secondary N) is 1. The molecule has 0 bridgehead atoms. The molecule has 0 aromatic carbocycles. The van der Waals surface area contributed by atoms with Crippen molar-refractivity contribution in [3.63, 3.8) is 0 Å². The second-order valence-corrected chi connectivity index (χ2v) is 5.74. The number of hydrogen-bond donors (Lipinski definition) is 3. The first-order valence-corrected chi connectivity index (χ1v) is 8.39. The van der Waals surface area contributed by atoms with E-state index in [0.29, 0.717) is 38.6 Å². The molecule has 0 radical (unpaired) electrons. The van der Waals surface area contributed by atoms with Gasteiger partial charge in [-0.3, -0.25) is 9.59 Å². The Kier molecular flexibility index (Phi) is 19.5.